The van der Waals surface area contributed by atoms with Crippen molar-refractivity contribution in [1.29, 1.82) is 0 Å². The van der Waals surface area contributed by atoms with E-state index in [9.17, 15) is 4.79 Å². The Morgan fingerprint density at radius 1 is 1.31 bits per heavy atom. The van der Waals surface area contributed by atoms with Crippen LogP contribution in [0.3, 0.4) is 0 Å². The van der Waals surface area contributed by atoms with Gasteiger partial charge in [0.05, 0.1) is 0 Å². The molecule has 0 atom stereocenters. The maximum atomic E-state index is 11.6. The standard InChI is InChI=1S/C13H20N2O/c1-10-4-5-13-12(8-10)9-14(3)6-7-15(13)11(2)16/h8H,4-7,9H2,1-3H3. The van der Waals surface area contributed by atoms with E-state index in [-0.39, 0.29) is 5.91 Å². The van der Waals surface area contributed by atoms with Crippen molar-refractivity contribution < 1.29 is 4.79 Å². The van der Waals surface area contributed by atoms with E-state index in [2.05, 4.69) is 24.9 Å². The van der Waals surface area contributed by atoms with Crippen LogP contribution in [0.5, 0.6) is 0 Å². The highest BCUT2D eigenvalue weighted by Crippen LogP contribution is 2.28. The Bertz CT molecular complexity index is 368. The lowest BCUT2D eigenvalue weighted by molar-refractivity contribution is -0.127. The van der Waals surface area contributed by atoms with Crippen molar-refractivity contribution in [2.24, 2.45) is 0 Å². The number of allylic oxidation sites excluding steroid dienone is 2. The minimum atomic E-state index is 0.177. The van der Waals surface area contributed by atoms with E-state index in [1.54, 1.807) is 6.92 Å². The van der Waals surface area contributed by atoms with Gasteiger partial charge in [-0.3, -0.25) is 4.79 Å². The molecular formula is C13H20N2O. The van der Waals surface area contributed by atoms with E-state index in [0.717, 1.165) is 32.5 Å². The molecule has 0 saturated heterocycles. The number of hydrogen-bond donors (Lipinski definition) is 0. The molecule has 1 aliphatic carbocycles. The van der Waals surface area contributed by atoms with E-state index < -0.39 is 0 Å². The van der Waals surface area contributed by atoms with Gasteiger partial charge in [-0.15, -0.1) is 0 Å². The van der Waals surface area contributed by atoms with Gasteiger partial charge in [-0.1, -0.05) is 11.6 Å². The zero-order valence-electron chi connectivity index (χ0n) is 10.4. The summed E-state index contributed by atoms with van der Waals surface area (Å²) in [5, 5.41) is 0. The number of likely N-dealkylation sites (N-methyl/N-ethyl adjacent to an activating group) is 1. The van der Waals surface area contributed by atoms with Crippen LogP contribution in [-0.2, 0) is 4.79 Å². The first-order valence-electron chi connectivity index (χ1n) is 5.94. The molecule has 1 heterocycles. The predicted molar refractivity (Wildman–Crippen MR) is 64.9 cm³/mol. The molecule has 0 radical (unpaired) electrons. The maximum absolute atomic E-state index is 11.6. The summed E-state index contributed by atoms with van der Waals surface area (Å²) < 4.78 is 0. The predicted octanol–water partition coefficient (Wildman–Crippen LogP) is 1.77. The number of rotatable bonds is 0. The van der Waals surface area contributed by atoms with Crippen molar-refractivity contribution >= 4 is 5.91 Å². The van der Waals surface area contributed by atoms with E-state index in [4.69, 9.17) is 0 Å². The molecule has 0 aromatic carbocycles. The van der Waals surface area contributed by atoms with Gasteiger partial charge in [0.25, 0.3) is 0 Å². The zero-order valence-corrected chi connectivity index (χ0v) is 10.4. The average Bonchev–Trinajstić information content (AvgIpc) is 2.35. The van der Waals surface area contributed by atoms with Gasteiger partial charge in [-0.2, -0.15) is 0 Å². The van der Waals surface area contributed by atoms with Crippen molar-refractivity contribution in [1.82, 2.24) is 9.80 Å². The lowest BCUT2D eigenvalue weighted by atomic mass is 9.96. The largest absolute Gasteiger partial charge is 0.315 e. The van der Waals surface area contributed by atoms with Crippen molar-refractivity contribution in [2.75, 3.05) is 26.7 Å². The Morgan fingerprint density at radius 3 is 2.75 bits per heavy atom. The number of carbonyl (C=O) groups excluding carboxylic acids is 1. The van der Waals surface area contributed by atoms with Crippen LogP contribution in [0.15, 0.2) is 22.9 Å². The quantitative estimate of drug-likeness (QED) is 0.621. The number of nitrogens with zero attached hydrogens (tertiary/aromatic N) is 2. The Balaban J connectivity index is 2.36. The molecule has 88 valence electrons. The van der Waals surface area contributed by atoms with Crippen molar-refractivity contribution in [3.8, 4) is 0 Å². The fraction of sp³-hybridized carbons (Fsp3) is 0.615. The topological polar surface area (TPSA) is 23.6 Å². The second kappa shape index (κ2) is 4.42. The molecule has 0 aromatic rings. The normalized spacial score (nSPS) is 22.7. The van der Waals surface area contributed by atoms with E-state index in [1.165, 1.54) is 16.8 Å². The molecule has 1 amide bonds. The SMILES string of the molecule is CC(=O)N1CCN(C)CC2=C1CCC(C)=C2. The molecule has 2 aliphatic rings. The lowest BCUT2D eigenvalue weighted by Crippen LogP contribution is -2.33. The maximum Gasteiger partial charge on any atom is 0.223 e. The molecule has 0 N–H and O–H groups in total. The molecule has 0 aromatic heterocycles. The van der Waals surface area contributed by atoms with Gasteiger partial charge in [-0.05, 0) is 32.4 Å². The summed E-state index contributed by atoms with van der Waals surface area (Å²) >= 11 is 0. The van der Waals surface area contributed by atoms with Gasteiger partial charge >= 0.3 is 0 Å². The fourth-order valence-corrected chi connectivity index (χ4v) is 2.50. The van der Waals surface area contributed by atoms with E-state index in [1.807, 2.05) is 4.90 Å². The molecule has 3 nitrogen and oxygen atoms in total. The molecular weight excluding hydrogens is 200 g/mol. The summed E-state index contributed by atoms with van der Waals surface area (Å²) in [5.41, 5.74) is 4.01. The van der Waals surface area contributed by atoms with Gasteiger partial charge in [0, 0.05) is 32.3 Å². The van der Waals surface area contributed by atoms with Crippen LogP contribution in [0.1, 0.15) is 26.7 Å². The van der Waals surface area contributed by atoms with Crippen molar-refractivity contribution in [3.05, 3.63) is 22.9 Å². The van der Waals surface area contributed by atoms with Crippen LogP contribution in [0.25, 0.3) is 0 Å². The van der Waals surface area contributed by atoms with Crippen LogP contribution >= 0.6 is 0 Å². The molecule has 3 heteroatoms. The van der Waals surface area contributed by atoms with Crippen molar-refractivity contribution in [3.63, 3.8) is 0 Å². The molecule has 0 spiro atoms. The Morgan fingerprint density at radius 2 is 2.06 bits per heavy atom. The van der Waals surface area contributed by atoms with Crippen LogP contribution < -0.4 is 0 Å². The van der Waals surface area contributed by atoms with Gasteiger partial charge < -0.3 is 9.80 Å². The molecule has 0 fully saturated rings. The van der Waals surface area contributed by atoms with Gasteiger partial charge in [0.2, 0.25) is 5.91 Å². The highest BCUT2D eigenvalue weighted by Gasteiger charge is 2.24. The van der Waals surface area contributed by atoms with Gasteiger partial charge in [-0.25, -0.2) is 0 Å². The Hall–Kier alpha value is -1.09. The second-order valence-electron chi connectivity index (χ2n) is 4.87. The summed E-state index contributed by atoms with van der Waals surface area (Å²) in [4.78, 5) is 15.9. The van der Waals surface area contributed by atoms with Crippen LogP contribution in [0.4, 0.5) is 0 Å². The zero-order chi connectivity index (χ0) is 11.7. The van der Waals surface area contributed by atoms with Gasteiger partial charge in [0.1, 0.15) is 0 Å². The fourth-order valence-electron chi connectivity index (χ4n) is 2.50. The van der Waals surface area contributed by atoms with Gasteiger partial charge in [0.15, 0.2) is 0 Å². The van der Waals surface area contributed by atoms with Crippen molar-refractivity contribution in [2.45, 2.75) is 26.7 Å². The van der Waals surface area contributed by atoms with E-state index >= 15 is 0 Å². The number of amides is 1. The smallest absolute Gasteiger partial charge is 0.223 e. The van der Waals surface area contributed by atoms with Crippen LogP contribution in [0, 0.1) is 0 Å². The van der Waals surface area contributed by atoms with E-state index in [0.29, 0.717) is 0 Å². The highest BCUT2D eigenvalue weighted by molar-refractivity contribution is 5.76. The number of hydrogen-bond acceptors (Lipinski definition) is 2. The first-order valence-corrected chi connectivity index (χ1v) is 5.94. The third kappa shape index (κ3) is 2.19. The highest BCUT2D eigenvalue weighted by atomic mass is 16.2. The second-order valence-corrected chi connectivity index (χ2v) is 4.87. The monoisotopic (exact) mass is 220 g/mol. The molecule has 0 bridgehead atoms. The summed E-state index contributed by atoms with van der Waals surface area (Å²) in [6, 6.07) is 0. The summed E-state index contributed by atoms with van der Waals surface area (Å²) in [5.74, 6) is 0.177. The molecule has 0 saturated carbocycles. The number of carbonyl (C=O) groups is 1. The molecule has 2 rings (SSSR count). The Labute approximate surface area is 97.4 Å². The van der Waals surface area contributed by atoms with Crippen LogP contribution in [0.2, 0.25) is 0 Å². The lowest BCUT2D eigenvalue weighted by Gasteiger charge is -2.26. The molecule has 16 heavy (non-hydrogen) atoms. The summed E-state index contributed by atoms with van der Waals surface area (Å²) in [6.07, 6.45) is 4.37. The third-order valence-corrected chi connectivity index (χ3v) is 3.40. The molecule has 1 aliphatic heterocycles. The summed E-state index contributed by atoms with van der Waals surface area (Å²) in [6.45, 7) is 6.60. The minimum absolute atomic E-state index is 0.177. The minimum Gasteiger partial charge on any atom is -0.315 e. The van der Waals surface area contributed by atoms with Crippen LogP contribution in [-0.4, -0.2) is 42.4 Å². The average molecular weight is 220 g/mol. The molecule has 0 unspecified atom stereocenters. The first kappa shape index (κ1) is 11.4. The summed E-state index contributed by atoms with van der Waals surface area (Å²) in [7, 11) is 2.12. The Kier molecular flexibility index (Phi) is 3.15. The first-order chi connectivity index (χ1) is 7.58. The third-order valence-electron chi connectivity index (χ3n) is 3.40.